The summed E-state index contributed by atoms with van der Waals surface area (Å²) < 4.78 is 0. The average molecular weight is 547 g/mol. The van der Waals surface area contributed by atoms with E-state index in [4.69, 9.17) is 0 Å². The molecule has 0 spiro atoms. The maximum absolute atomic E-state index is 3.86. The van der Waals surface area contributed by atoms with Gasteiger partial charge < -0.3 is 0 Å². The Balaban J connectivity index is 1.99. The predicted octanol–water partition coefficient (Wildman–Crippen LogP) is 10.1. The van der Waals surface area contributed by atoms with E-state index in [1.165, 1.54) is 32.7 Å². The Labute approximate surface area is 247 Å². The molecule has 0 atom stereocenters. The van der Waals surface area contributed by atoms with E-state index in [0.717, 1.165) is 11.1 Å². The van der Waals surface area contributed by atoms with Crippen LogP contribution in [0, 0.1) is 23.7 Å². The van der Waals surface area contributed by atoms with Gasteiger partial charge in [-0.05, 0) is 56.6 Å². The zero-order chi connectivity index (χ0) is 29.1. The highest BCUT2D eigenvalue weighted by atomic mass is 28.3. The number of hydrogen-bond acceptors (Lipinski definition) is 0. The molecule has 0 unspecified atom stereocenters. The minimum atomic E-state index is -2.68. The third-order valence-electron chi connectivity index (χ3n) is 8.09. The second-order valence-corrected chi connectivity index (χ2v) is 18.2. The minimum Gasteiger partial charge on any atom is -0.0695 e. The van der Waals surface area contributed by atoms with E-state index >= 15 is 0 Å². The molecule has 4 aromatic rings. The van der Waals surface area contributed by atoms with Crippen molar-refractivity contribution in [2.45, 2.75) is 51.6 Å². The summed E-state index contributed by atoms with van der Waals surface area (Å²) in [6.45, 7) is 14.5. The van der Waals surface area contributed by atoms with Crippen molar-refractivity contribution in [3.05, 3.63) is 154 Å². The van der Waals surface area contributed by atoms with Gasteiger partial charge in [-0.15, -0.1) is 0 Å². The lowest BCUT2D eigenvalue weighted by atomic mass is 9.91. The Morgan fingerprint density at radius 3 is 0.976 bits per heavy atom. The molecule has 0 fully saturated rings. The molecule has 1 heterocycles. The molecule has 0 radical (unpaired) electrons. The van der Waals surface area contributed by atoms with Crippen LogP contribution >= 0.6 is 0 Å². The molecule has 0 aromatic heterocycles. The molecule has 0 saturated heterocycles. The number of allylic oxidation sites excluding steroid dienone is 4. The van der Waals surface area contributed by atoms with Crippen LogP contribution < -0.4 is 0 Å². The first-order valence-electron chi connectivity index (χ1n) is 14.4. The Morgan fingerprint density at radius 1 is 0.390 bits per heavy atom. The summed E-state index contributed by atoms with van der Waals surface area (Å²) in [4.78, 5) is 0. The summed E-state index contributed by atoms with van der Waals surface area (Å²) in [6, 6.07) is 42.4. The van der Waals surface area contributed by atoms with Crippen molar-refractivity contribution in [2.24, 2.45) is 0 Å². The Hall–Kier alpha value is -4.30. The van der Waals surface area contributed by atoms with Crippen LogP contribution in [0.3, 0.4) is 0 Å². The van der Waals surface area contributed by atoms with Crippen molar-refractivity contribution in [1.82, 2.24) is 0 Å². The Bertz CT molecular complexity index is 1570. The van der Waals surface area contributed by atoms with Crippen LogP contribution in [0.4, 0.5) is 0 Å². The molecule has 0 bridgehead atoms. The summed E-state index contributed by atoms with van der Waals surface area (Å²) in [5, 5.41) is 2.43. The largest absolute Gasteiger partial charge is 0.151 e. The molecule has 4 aromatic carbocycles. The smallest absolute Gasteiger partial charge is 0.0695 e. The summed E-state index contributed by atoms with van der Waals surface area (Å²) in [6.07, 6.45) is 0. The van der Waals surface area contributed by atoms with E-state index in [9.17, 15) is 0 Å². The first kappa shape index (κ1) is 28.2. The molecule has 0 saturated carbocycles. The third-order valence-corrected chi connectivity index (χ3v) is 14.8. The fraction of sp³-hybridized carbons (Fsp3) is 0.200. The molecule has 0 amide bonds. The molecule has 1 aliphatic heterocycles. The fourth-order valence-corrected chi connectivity index (χ4v) is 14.1. The molecule has 5 rings (SSSR count). The molecule has 0 aliphatic carbocycles. The first-order chi connectivity index (χ1) is 19.6. The van der Waals surface area contributed by atoms with Crippen LogP contribution in [-0.2, 0) is 0 Å². The van der Waals surface area contributed by atoms with Gasteiger partial charge in [0, 0.05) is 21.5 Å². The third kappa shape index (κ3) is 5.27. The van der Waals surface area contributed by atoms with E-state index in [2.05, 4.69) is 174 Å². The highest BCUT2D eigenvalue weighted by Gasteiger charge is 2.62. The maximum atomic E-state index is 3.86. The lowest BCUT2D eigenvalue weighted by molar-refractivity contribution is 0.630. The van der Waals surface area contributed by atoms with Crippen LogP contribution in [0.1, 0.15) is 63.8 Å². The number of benzene rings is 4. The SMILES string of the molecule is CC(C)(C)[Si]1(C(C)(C)C)C(C#Cc2ccccc2)=C(c2ccccc2)C(c2ccccc2)=C1C#Cc1ccccc1. The van der Waals surface area contributed by atoms with Crippen molar-refractivity contribution < 1.29 is 0 Å². The summed E-state index contributed by atoms with van der Waals surface area (Å²) in [5.74, 6) is 14.9. The standard InChI is InChI=1S/C40H38Si/c1-39(2,3)41(40(4,5)6)35(29-27-31-19-11-7-12-20-31)37(33-23-15-9-16-24-33)38(34-25-17-10-18-26-34)36(41)30-28-32-21-13-8-14-22-32/h7-26H,1-6H3. The van der Waals surface area contributed by atoms with E-state index in [1.54, 1.807) is 0 Å². The summed E-state index contributed by atoms with van der Waals surface area (Å²) in [7, 11) is -2.68. The fourth-order valence-electron chi connectivity index (χ4n) is 6.79. The van der Waals surface area contributed by atoms with Gasteiger partial charge in [-0.2, -0.15) is 0 Å². The van der Waals surface area contributed by atoms with Crippen molar-refractivity contribution in [3.8, 4) is 23.7 Å². The second-order valence-electron chi connectivity index (χ2n) is 12.7. The zero-order valence-electron chi connectivity index (χ0n) is 25.0. The lowest BCUT2D eigenvalue weighted by Crippen LogP contribution is -2.54. The van der Waals surface area contributed by atoms with E-state index in [1.807, 2.05) is 12.1 Å². The quantitative estimate of drug-likeness (QED) is 0.173. The van der Waals surface area contributed by atoms with Gasteiger partial charge in [0.2, 0.25) is 0 Å². The van der Waals surface area contributed by atoms with E-state index in [0.29, 0.717) is 0 Å². The number of hydrogen-bond donors (Lipinski definition) is 0. The Morgan fingerprint density at radius 2 is 0.683 bits per heavy atom. The minimum absolute atomic E-state index is 0.0663. The molecule has 1 heteroatoms. The molecule has 41 heavy (non-hydrogen) atoms. The summed E-state index contributed by atoms with van der Waals surface area (Å²) >= 11 is 0. The van der Waals surface area contributed by atoms with Crippen LogP contribution in [-0.4, -0.2) is 8.07 Å². The lowest BCUT2D eigenvalue weighted by Gasteiger charge is -2.50. The van der Waals surface area contributed by atoms with Crippen LogP contribution in [0.25, 0.3) is 11.1 Å². The first-order valence-corrected chi connectivity index (χ1v) is 16.4. The highest BCUT2D eigenvalue weighted by molar-refractivity contribution is 7.02. The van der Waals surface area contributed by atoms with Gasteiger partial charge in [-0.1, -0.05) is 162 Å². The van der Waals surface area contributed by atoms with Crippen LogP contribution in [0.2, 0.25) is 10.1 Å². The Kier molecular flexibility index (Phi) is 7.77. The van der Waals surface area contributed by atoms with Gasteiger partial charge in [0.25, 0.3) is 0 Å². The maximum Gasteiger partial charge on any atom is 0.151 e. The molecule has 0 nitrogen and oxygen atoms in total. The zero-order valence-corrected chi connectivity index (χ0v) is 26.0. The number of rotatable bonds is 2. The van der Waals surface area contributed by atoms with Gasteiger partial charge in [0.1, 0.15) is 0 Å². The van der Waals surface area contributed by atoms with Crippen molar-refractivity contribution in [2.75, 3.05) is 0 Å². The predicted molar refractivity (Wildman–Crippen MR) is 179 cm³/mol. The molecular weight excluding hydrogens is 509 g/mol. The summed E-state index contributed by atoms with van der Waals surface area (Å²) in [5.41, 5.74) is 6.95. The van der Waals surface area contributed by atoms with Gasteiger partial charge in [0.15, 0.2) is 8.07 Å². The van der Waals surface area contributed by atoms with Gasteiger partial charge in [0.05, 0.1) is 0 Å². The van der Waals surface area contributed by atoms with E-state index in [-0.39, 0.29) is 10.1 Å². The van der Waals surface area contributed by atoms with Crippen molar-refractivity contribution >= 4 is 19.2 Å². The highest BCUT2D eigenvalue weighted by Crippen LogP contribution is 2.65. The normalized spacial score (nSPS) is 14.7. The topological polar surface area (TPSA) is 0 Å². The second kappa shape index (κ2) is 11.3. The van der Waals surface area contributed by atoms with Crippen molar-refractivity contribution in [1.29, 1.82) is 0 Å². The molecule has 1 aliphatic rings. The van der Waals surface area contributed by atoms with Crippen molar-refractivity contribution in [3.63, 3.8) is 0 Å². The van der Waals surface area contributed by atoms with E-state index < -0.39 is 8.07 Å². The molecular formula is C40H38Si. The monoisotopic (exact) mass is 546 g/mol. The van der Waals surface area contributed by atoms with Crippen LogP contribution in [0.5, 0.6) is 0 Å². The van der Waals surface area contributed by atoms with Gasteiger partial charge in [-0.25, -0.2) is 0 Å². The van der Waals surface area contributed by atoms with Crippen LogP contribution in [0.15, 0.2) is 132 Å². The van der Waals surface area contributed by atoms with Gasteiger partial charge >= 0.3 is 0 Å². The molecule has 0 N–H and O–H groups in total. The average Bonchev–Trinajstić information content (AvgIpc) is 3.28. The van der Waals surface area contributed by atoms with Gasteiger partial charge in [-0.3, -0.25) is 0 Å². The molecule has 202 valence electrons.